The van der Waals surface area contributed by atoms with Gasteiger partial charge in [-0.1, -0.05) is 12.1 Å². The van der Waals surface area contributed by atoms with Gasteiger partial charge in [-0.25, -0.2) is 0 Å². The molecule has 10 nitrogen and oxygen atoms in total. The summed E-state index contributed by atoms with van der Waals surface area (Å²) in [7, 11) is 0. The number of rotatable bonds is 9. The topological polar surface area (TPSA) is 157 Å². The number of carbonyl (C=O) groups excluding carboxylic acids is 3. The molecule has 1 aliphatic heterocycles. The van der Waals surface area contributed by atoms with Crippen LogP contribution in [0.3, 0.4) is 0 Å². The summed E-state index contributed by atoms with van der Waals surface area (Å²) in [6.07, 6.45) is 1.70. The van der Waals surface area contributed by atoms with Crippen molar-refractivity contribution in [2.75, 3.05) is 6.54 Å². The van der Waals surface area contributed by atoms with Crippen molar-refractivity contribution >= 4 is 23.7 Å². The quantitative estimate of drug-likeness (QED) is 0.307. The Bertz CT molecular complexity index is 776. The third kappa shape index (κ3) is 6.73. The first-order valence-electron chi connectivity index (χ1n) is 9.82. The molecule has 6 N–H and O–H groups in total. The fourth-order valence-electron chi connectivity index (χ4n) is 3.04. The molecule has 164 valence electrons. The number of benzene rings is 1. The molecule has 0 bridgehead atoms. The van der Waals surface area contributed by atoms with Gasteiger partial charge >= 0.3 is 5.97 Å². The van der Waals surface area contributed by atoms with Crippen molar-refractivity contribution in [1.82, 2.24) is 21.3 Å². The second-order valence-corrected chi connectivity index (χ2v) is 7.38. The van der Waals surface area contributed by atoms with Crippen molar-refractivity contribution in [3.63, 3.8) is 0 Å². The Hall–Kier alpha value is -3.14. The van der Waals surface area contributed by atoms with Gasteiger partial charge in [-0.2, -0.15) is 0 Å². The summed E-state index contributed by atoms with van der Waals surface area (Å²) >= 11 is 0. The molecule has 30 heavy (non-hydrogen) atoms. The minimum Gasteiger partial charge on any atom is -0.508 e. The van der Waals surface area contributed by atoms with Crippen LogP contribution in [0.25, 0.3) is 0 Å². The number of nitrogens with one attached hydrogen (secondary N) is 4. The molecular formula is C20H28N4O6. The SMILES string of the molecule is CC(NC(=O)C(C)NC(=O)C(Cc1ccc(O)cc1)NC(=O)C1CCCN1)C(=O)O. The molecule has 1 aliphatic rings. The molecule has 0 aliphatic carbocycles. The summed E-state index contributed by atoms with van der Waals surface area (Å²) in [5.74, 6) is -2.63. The summed E-state index contributed by atoms with van der Waals surface area (Å²) in [5, 5.41) is 28.9. The first kappa shape index (κ1) is 23.1. The van der Waals surface area contributed by atoms with Crippen LogP contribution in [0, 0.1) is 0 Å². The van der Waals surface area contributed by atoms with Gasteiger partial charge in [0.15, 0.2) is 0 Å². The third-order valence-electron chi connectivity index (χ3n) is 4.87. The predicted molar refractivity (Wildman–Crippen MR) is 108 cm³/mol. The number of amides is 3. The molecule has 4 unspecified atom stereocenters. The number of aliphatic carboxylic acids is 1. The lowest BCUT2D eigenvalue weighted by Crippen LogP contribution is -2.56. The number of aromatic hydroxyl groups is 1. The Morgan fingerprint density at radius 2 is 1.67 bits per heavy atom. The van der Waals surface area contributed by atoms with Gasteiger partial charge in [0.2, 0.25) is 17.7 Å². The van der Waals surface area contributed by atoms with E-state index in [1.807, 2.05) is 0 Å². The second kappa shape index (κ2) is 10.6. The van der Waals surface area contributed by atoms with E-state index in [1.54, 1.807) is 12.1 Å². The number of carbonyl (C=O) groups is 4. The fourth-order valence-corrected chi connectivity index (χ4v) is 3.04. The van der Waals surface area contributed by atoms with Crippen LogP contribution < -0.4 is 21.3 Å². The molecule has 0 aromatic heterocycles. The van der Waals surface area contributed by atoms with Gasteiger partial charge in [-0.15, -0.1) is 0 Å². The Morgan fingerprint density at radius 1 is 1.03 bits per heavy atom. The standard InChI is InChI=1S/C20H28N4O6/c1-11(17(26)23-12(2)20(29)30)22-19(28)16(10-13-5-7-14(25)8-6-13)24-18(27)15-4-3-9-21-15/h5-8,11-12,15-16,21,25H,3-4,9-10H2,1-2H3,(H,22,28)(H,23,26)(H,24,27)(H,29,30). The zero-order valence-electron chi connectivity index (χ0n) is 17.0. The minimum atomic E-state index is -1.19. The van der Waals surface area contributed by atoms with E-state index in [4.69, 9.17) is 5.11 Å². The van der Waals surface area contributed by atoms with Crippen molar-refractivity contribution in [1.29, 1.82) is 0 Å². The molecule has 1 aromatic carbocycles. The molecule has 3 amide bonds. The summed E-state index contributed by atoms with van der Waals surface area (Å²) in [4.78, 5) is 48.3. The summed E-state index contributed by atoms with van der Waals surface area (Å²) in [5.41, 5.74) is 0.712. The van der Waals surface area contributed by atoms with Crippen LogP contribution in [0.15, 0.2) is 24.3 Å². The maximum absolute atomic E-state index is 12.8. The number of carboxylic acids is 1. The molecule has 0 saturated carbocycles. The molecule has 4 atom stereocenters. The molecule has 1 heterocycles. The predicted octanol–water partition coefficient (Wildman–Crippen LogP) is -0.734. The molecule has 0 radical (unpaired) electrons. The van der Waals surface area contributed by atoms with Gasteiger partial charge in [0.1, 0.15) is 23.9 Å². The lowest BCUT2D eigenvalue weighted by molar-refractivity contribution is -0.141. The fraction of sp³-hybridized carbons (Fsp3) is 0.500. The molecule has 1 fully saturated rings. The zero-order valence-corrected chi connectivity index (χ0v) is 17.0. The van der Waals surface area contributed by atoms with Crippen LogP contribution >= 0.6 is 0 Å². The Kier molecular flexibility index (Phi) is 8.16. The largest absolute Gasteiger partial charge is 0.508 e. The van der Waals surface area contributed by atoms with Crippen LogP contribution in [0.2, 0.25) is 0 Å². The van der Waals surface area contributed by atoms with E-state index in [-0.39, 0.29) is 24.1 Å². The lowest BCUT2D eigenvalue weighted by Gasteiger charge is -2.23. The molecule has 1 aromatic rings. The molecule has 1 saturated heterocycles. The van der Waals surface area contributed by atoms with E-state index in [2.05, 4.69) is 21.3 Å². The molecule has 2 rings (SSSR count). The number of hydrogen-bond acceptors (Lipinski definition) is 6. The number of phenolic OH excluding ortho intramolecular Hbond substituents is 1. The van der Waals surface area contributed by atoms with Gasteiger partial charge in [-0.3, -0.25) is 19.2 Å². The average Bonchev–Trinajstić information content (AvgIpc) is 3.23. The van der Waals surface area contributed by atoms with Crippen LogP contribution in [-0.2, 0) is 25.6 Å². The highest BCUT2D eigenvalue weighted by Crippen LogP contribution is 2.12. The van der Waals surface area contributed by atoms with Gasteiger partial charge in [0.05, 0.1) is 6.04 Å². The smallest absolute Gasteiger partial charge is 0.325 e. The van der Waals surface area contributed by atoms with Gasteiger partial charge in [-0.05, 0) is 50.9 Å². The van der Waals surface area contributed by atoms with E-state index in [1.165, 1.54) is 26.0 Å². The first-order chi connectivity index (χ1) is 14.2. The van der Waals surface area contributed by atoms with Crippen LogP contribution in [0.4, 0.5) is 0 Å². The van der Waals surface area contributed by atoms with E-state index >= 15 is 0 Å². The normalized spacial score (nSPS) is 18.7. The Labute approximate surface area is 174 Å². The number of phenols is 1. The lowest BCUT2D eigenvalue weighted by atomic mass is 10.0. The highest BCUT2D eigenvalue weighted by Gasteiger charge is 2.29. The van der Waals surface area contributed by atoms with E-state index < -0.39 is 35.9 Å². The summed E-state index contributed by atoms with van der Waals surface area (Å²) in [6.45, 7) is 3.48. The van der Waals surface area contributed by atoms with Crippen molar-refractivity contribution in [2.45, 2.75) is 57.3 Å². The third-order valence-corrected chi connectivity index (χ3v) is 4.87. The van der Waals surface area contributed by atoms with E-state index in [0.29, 0.717) is 12.0 Å². The Balaban J connectivity index is 2.06. The number of hydrogen-bond donors (Lipinski definition) is 6. The molecular weight excluding hydrogens is 392 g/mol. The van der Waals surface area contributed by atoms with Crippen LogP contribution in [0.1, 0.15) is 32.3 Å². The molecule has 0 spiro atoms. The minimum absolute atomic E-state index is 0.0804. The van der Waals surface area contributed by atoms with Crippen molar-refractivity contribution < 1.29 is 29.4 Å². The van der Waals surface area contributed by atoms with E-state index in [0.717, 1.165) is 13.0 Å². The monoisotopic (exact) mass is 420 g/mol. The van der Waals surface area contributed by atoms with Crippen LogP contribution in [0.5, 0.6) is 5.75 Å². The zero-order chi connectivity index (χ0) is 22.3. The maximum Gasteiger partial charge on any atom is 0.325 e. The van der Waals surface area contributed by atoms with Crippen molar-refractivity contribution in [2.24, 2.45) is 0 Å². The maximum atomic E-state index is 12.8. The van der Waals surface area contributed by atoms with E-state index in [9.17, 15) is 24.3 Å². The highest BCUT2D eigenvalue weighted by molar-refractivity contribution is 5.94. The van der Waals surface area contributed by atoms with Crippen molar-refractivity contribution in [3.8, 4) is 5.75 Å². The summed E-state index contributed by atoms with van der Waals surface area (Å²) < 4.78 is 0. The highest BCUT2D eigenvalue weighted by atomic mass is 16.4. The summed E-state index contributed by atoms with van der Waals surface area (Å²) in [6, 6.07) is 2.82. The van der Waals surface area contributed by atoms with Gasteiger partial charge in [0, 0.05) is 6.42 Å². The van der Waals surface area contributed by atoms with Crippen molar-refractivity contribution in [3.05, 3.63) is 29.8 Å². The van der Waals surface area contributed by atoms with Gasteiger partial charge < -0.3 is 31.5 Å². The molecule has 10 heteroatoms. The number of carboxylic acid groups (broad SMARTS) is 1. The second-order valence-electron chi connectivity index (χ2n) is 7.38. The van der Waals surface area contributed by atoms with Crippen LogP contribution in [-0.4, -0.2) is 64.6 Å². The first-order valence-corrected chi connectivity index (χ1v) is 9.82. The average molecular weight is 420 g/mol. The van der Waals surface area contributed by atoms with Gasteiger partial charge in [0.25, 0.3) is 0 Å². The Morgan fingerprint density at radius 3 is 2.23 bits per heavy atom.